The first-order valence-electron chi connectivity index (χ1n) is 16.5. The number of aryl methyl sites for hydroxylation is 1. The first-order chi connectivity index (χ1) is 22.8. The molecule has 47 heavy (non-hydrogen) atoms. The van der Waals surface area contributed by atoms with Crippen molar-refractivity contribution >= 4 is 41.9 Å². The third-order valence-electron chi connectivity index (χ3n) is 10.5. The smallest absolute Gasteiger partial charge is 0.259 e. The average Bonchev–Trinajstić information content (AvgIpc) is 3.57. The van der Waals surface area contributed by atoms with Crippen LogP contribution in [0.5, 0.6) is 0 Å². The Morgan fingerprint density at radius 2 is 1.19 bits per heavy atom. The van der Waals surface area contributed by atoms with E-state index in [1.165, 1.54) is 49.8 Å². The number of carbonyl (C=O) groups is 1. The zero-order valence-electron chi connectivity index (χ0n) is 27.2. The highest BCUT2D eigenvalue weighted by Gasteiger charge is 2.52. The highest BCUT2D eigenvalue weighted by molar-refractivity contribution is 6.88. The molecule has 0 unspecified atom stereocenters. The number of amides is 1. The zero-order valence-corrected chi connectivity index (χ0v) is 28.2. The molecule has 0 saturated carbocycles. The van der Waals surface area contributed by atoms with Crippen molar-refractivity contribution in [2.75, 3.05) is 9.80 Å². The van der Waals surface area contributed by atoms with Crippen LogP contribution in [-0.4, -0.2) is 14.0 Å². The van der Waals surface area contributed by atoms with Crippen molar-refractivity contribution < 1.29 is 4.79 Å². The number of para-hydroxylation sites is 1. The van der Waals surface area contributed by atoms with Gasteiger partial charge in [-0.15, -0.1) is 0 Å². The van der Waals surface area contributed by atoms with Crippen LogP contribution in [0.3, 0.4) is 0 Å². The zero-order chi connectivity index (χ0) is 32.1. The van der Waals surface area contributed by atoms with E-state index in [0.717, 1.165) is 28.2 Å². The van der Waals surface area contributed by atoms with Gasteiger partial charge in [0, 0.05) is 16.9 Å². The molecule has 1 amide bonds. The highest BCUT2D eigenvalue weighted by Crippen LogP contribution is 2.63. The largest absolute Gasteiger partial charge is 0.310 e. The lowest BCUT2D eigenvalue weighted by Gasteiger charge is -2.45. The van der Waals surface area contributed by atoms with Gasteiger partial charge in [0.25, 0.3) is 5.91 Å². The second-order valence-corrected chi connectivity index (χ2v) is 19.3. The van der Waals surface area contributed by atoms with Crippen molar-refractivity contribution in [1.82, 2.24) is 0 Å². The van der Waals surface area contributed by atoms with Gasteiger partial charge in [-0.05, 0) is 82.3 Å². The van der Waals surface area contributed by atoms with Crippen LogP contribution in [0.1, 0.15) is 43.7 Å². The van der Waals surface area contributed by atoms with Gasteiger partial charge in [-0.25, -0.2) is 0 Å². The van der Waals surface area contributed by atoms with Crippen molar-refractivity contribution in [3.63, 3.8) is 0 Å². The Morgan fingerprint density at radius 1 is 0.574 bits per heavy atom. The van der Waals surface area contributed by atoms with E-state index in [9.17, 15) is 4.79 Å². The van der Waals surface area contributed by atoms with Crippen molar-refractivity contribution in [3.05, 3.63) is 172 Å². The minimum Gasteiger partial charge on any atom is -0.310 e. The summed E-state index contributed by atoms with van der Waals surface area (Å²) in [4.78, 5) is 18.2. The molecule has 1 aliphatic carbocycles. The van der Waals surface area contributed by atoms with E-state index in [2.05, 4.69) is 135 Å². The molecule has 2 heterocycles. The van der Waals surface area contributed by atoms with Gasteiger partial charge >= 0.3 is 0 Å². The van der Waals surface area contributed by atoms with Crippen LogP contribution in [0.4, 0.5) is 22.7 Å². The summed E-state index contributed by atoms with van der Waals surface area (Å²) in [6.45, 7) is 10.1. The van der Waals surface area contributed by atoms with Gasteiger partial charge in [0.05, 0.1) is 31.4 Å². The number of anilines is 4. The Balaban J connectivity index is 1.33. The maximum absolute atomic E-state index is 13.9. The predicted molar refractivity (Wildman–Crippen MR) is 197 cm³/mol. The van der Waals surface area contributed by atoms with E-state index < -0.39 is 13.5 Å². The van der Waals surface area contributed by atoms with Gasteiger partial charge in [-0.3, -0.25) is 4.79 Å². The molecule has 6 aromatic carbocycles. The lowest BCUT2D eigenvalue weighted by Crippen LogP contribution is -2.42. The molecular weight excluding hydrogens is 589 g/mol. The molecule has 3 aliphatic rings. The lowest BCUT2D eigenvalue weighted by molar-refractivity contribution is 0.0996. The summed E-state index contributed by atoms with van der Waals surface area (Å²) in [5, 5.41) is 1.44. The van der Waals surface area contributed by atoms with E-state index in [1.807, 2.05) is 35.2 Å². The van der Waals surface area contributed by atoms with Gasteiger partial charge < -0.3 is 9.80 Å². The van der Waals surface area contributed by atoms with Gasteiger partial charge in [0.2, 0.25) is 0 Å². The summed E-state index contributed by atoms with van der Waals surface area (Å²) >= 11 is 0. The molecular formula is C43H36N2OSi. The second kappa shape index (κ2) is 9.90. The summed E-state index contributed by atoms with van der Waals surface area (Å²) in [5.41, 5.74) is 14.7. The van der Waals surface area contributed by atoms with Crippen LogP contribution < -0.4 is 15.0 Å². The predicted octanol–water partition coefficient (Wildman–Crippen LogP) is 9.85. The maximum Gasteiger partial charge on any atom is 0.259 e. The van der Waals surface area contributed by atoms with Gasteiger partial charge in [0.15, 0.2) is 0 Å². The first kappa shape index (κ1) is 28.1. The molecule has 0 bridgehead atoms. The van der Waals surface area contributed by atoms with Crippen LogP contribution in [0.25, 0.3) is 11.1 Å². The Morgan fingerprint density at radius 3 is 1.87 bits per heavy atom. The number of carbonyl (C=O) groups excluding carboxylic acids is 1. The molecule has 228 valence electrons. The van der Waals surface area contributed by atoms with Gasteiger partial charge in [-0.2, -0.15) is 0 Å². The first-order valence-corrected chi connectivity index (χ1v) is 20.0. The molecule has 6 aromatic rings. The molecule has 0 aromatic heterocycles. The molecule has 0 saturated heterocycles. The molecule has 1 spiro atoms. The van der Waals surface area contributed by atoms with Crippen molar-refractivity contribution in [1.29, 1.82) is 0 Å². The summed E-state index contributed by atoms with van der Waals surface area (Å²) < 4.78 is 0. The highest BCUT2D eigenvalue weighted by atomic mass is 28.3. The van der Waals surface area contributed by atoms with E-state index >= 15 is 0 Å². The molecule has 4 heteroatoms. The minimum atomic E-state index is -1.68. The molecule has 0 radical (unpaired) electrons. The number of nitrogens with zero attached hydrogens (tertiary/aromatic N) is 2. The van der Waals surface area contributed by atoms with Crippen LogP contribution in [0.15, 0.2) is 133 Å². The molecule has 3 nitrogen and oxygen atoms in total. The number of hydrogen-bond acceptors (Lipinski definition) is 2. The minimum absolute atomic E-state index is 0.0543. The fourth-order valence-electron chi connectivity index (χ4n) is 8.26. The average molecular weight is 625 g/mol. The standard InChI is InChI=1S/C43H36N2OSi/c1-28-18-22-40-38(24-28)43(36-16-10-8-14-33(36)34-15-9-11-17-37(34)43)39-26-32(47(2,3)4)21-23-41(39)45(40)31-20-19-29-27-44(42(46)35(29)25-31)30-12-6-5-7-13-30/h5-26H,27H2,1-4H3. The molecule has 0 fully saturated rings. The van der Waals surface area contributed by atoms with E-state index in [0.29, 0.717) is 6.54 Å². The van der Waals surface area contributed by atoms with E-state index in [4.69, 9.17) is 0 Å². The summed E-state index contributed by atoms with van der Waals surface area (Å²) in [7, 11) is -1.68. The number of fused-ring (bicyclic) bond motifs is 10. The van der Waals surface area contributed by atoms with E-state index in [1.54, 1.807) is 0 Å². The Kier molecular flexibility index (Phi) is 5.91. The topological polar surface area (TPSA) is 23.6 Å². The maximum atomic E-state index is 13.9. The normalized spacial score (nSPS) is 15.3. The van der Waals surface area contributed by atoms with Crippen LogP contribution in [-0.2, 0) is 12.0 Å². The monoisotopic (exact) mass is 624 g/mol. The van der Waals surface area contributed by atoms with Gasteiger partial charge in [0.1, 0.15) is 0 Å². The Bertz CT molecular complexity index is 2220. The quantitative estimate of drug-likeness (QED) is 0.183. The molecule has 9 rings (SSSR count). The summed E-state index contributed by atoms with van der Waals surface area (Å²) in [6.07, 6.45) is 0. The third-order valence-corrected chi connectivity index (χ3v) is 12.5. The fraction of sp³-hybridized carbons (Fsp3) is 0.140. The molecule has 0 N–H and O–H groups in total. The van der Waals surface area contributed by atoms with E-state index in [-0.39, 0.29) is 5.91 Å². The third kappa shape index (κ3) is 3.88. The lowest BCUT2D eigenvalue weighted by atomic mass is 9.64. The van der Waals surface area contributed by atoms with Crippen molar-refractivity contribution in [2.24, 2.45) is 0 Å². The number of benzene rings is 6. The molecule has 2 aliphatic heterocycles. The fourth-order valence-corrected chi connectivity index (χ4v) is 9.42. The Labute approximate surface area is 277 Å². The summed E-state index contributed by atoms with van der Waals surface area (Å²) in [6, 6.07) is 48.6. The number of rotatable bonds is 3. The number of hydrogen-bond donors (Lipinski definition) is 0. The Hall–Kier alpha value is -5.19. The summed E-state index contributed by atoms with van der Waals surface area (Å²) in [5.74, 6) is 0.0543. The second-order valence-electron chi connectivity index (χ2n) is 14.2. The molecule has 0 atom stereocenters. The van der Waals surface area contributed by atoms with Crippen LogP contribution >= 0.6 is 0 Å². The van der Waals surface area contributed by atoms with Gasteiger partial charge in [-0.1, -0.05) is 127 Å². The van der Waals surface area contributed by atoms with Crippen molar-refractivity contribution in [2.45, 2.75) is 38.5 Å². The van der Waals surface area contributed by atoms with Crippen LogP contribution in [0, 0.1) is 6.92 Å². The van der Waals surface area contributed by atoms with Crippen LogP contribution in [0.2, 0.25) is 19.6 Å². The van der Waals surface area contributed by atoms with Crippen molar-refractivity contribution in [3.8, 4) is 11.1 Å². The SMILES string of the molecule is Cc1ccc2c(c1)C1(c3ccccc3-c3ccccc31)c1cc([Si](C)(C)C)ccc1N2c1ccc2c(c1)C(=O)N(c1ccccc1)C2.